The lowest BCUT2D eigenvalue weighted by molar-refractivity contribution is -0.0316. The Kier molecular flexibility index (Phi) is 5.03. The molecule has 3 rings (SSSR count). The summed E-state index contributed by atoms with van der Waals surface area (Å²) in [6.45, 7) is -0.0307. The van der Waals surface area contributed by atoms with E-state index in [1.54, 1.807) is 0 Å². The Balaban J connectivity index is 1.72. The SMILES string of the molecule is N=C(NC(=O)c1cc(F)c(F)c(F)c1)C1CCC2CN1C(=O)N2OS(=O)(=O)O. The van der Waals surface area contributed by atoms with Crippen LogP contribution in [0.2, 0.25) is 0 Å². The van der Waals surface area contributed by atoms with Crippen LogP contribution in [0.3, 0.4) is 0 Å². The number of carbonyl (C=O) groups excluding carboxylic acids is 2. The molecule has 1 aromatic rings. The average molecular weight is 422 g/mol. The quantitative estimate of drug-likeness (QED) is 0.284. The molecule has 10 nitrogen and oxygen atoms in total. The van der Waals surface area contributed by atoms with Crippen LogP contribution in [0.25, 0.3) is 0 Å². The van der Waals surface area contributed by atoms with Gasteiger partial charge in [-0.3, -0.25) is 14.8 Å². The lowest BCUT2D eigenvalue weighted by Crippen LogP contribution is -2.50. The largest absolute Gasteiger partial charge is 0.418 e. The summed E-state index contributed by atoms with van der Waals surface area (Å²) in [6.07, 6.45) is 0.341. The van der Waals surface area contributed by atoms with Gasteiger partial charge in [-0.2, -0.15) is 13.5 Å². The second-order valence-electron chi connectivity index (χ2n) is 6.13. The van der Waals surface area contributed by atoms with Crippen molar-refractivity contribution in [2.24, 2.45) is 0 Å². The van der Waals surface area contributed by atoms with Crippen molar-refractivity contribution in [3.05, 3.63) is 35.1 Å². The molecule has 2 saturated heterocycles. The van der Waals surface area contributed by atoms with Gasteiger partial charge >= 0.3 is 16.4 Å². The zero-order valence-electron chi connectivity index (χ0n) is 13.9. The molecule has 2 heterocycles. The van der Waals surface area contributed by atoms with Crippen LogP contribution in [0.1, 0.15) is 23.2 Å². The third kappa shape index (κ3) is 3.79. The predicted molar refractivity (Wildman–Crippen MR) is 84.9 cm³/mol. The second kappa shape index (κ2) is 7.03. The van der Waals surface area contributed by atoms with E-state index in [0.717, 1.165) is 4.90 Å². The summed E-state index contributed by atoms with van der Waals surface area (Å²) < 4.78 is 74.2. The number of amides is 3. The van der Waals surface area contributed by atoms with Gasteiger partial charge in [0, 0.05) is 12.1 Å². The van der Waals surface area contributed by atoms with E-state index in [1.807, 2.05) is 0 Å². The van der Waals surface area contributed by atoms with E-state index in [-0.39, 0.29) is 19.4 Å². The second-order valence-corrected chi connectivity index (χ2v) is 7.14. The van der Waals surface area contributed by atoms with Gasteiger partial charge in [-0.15, -0.1) is 4.28 Å². The summed E-state index contributed by atoms with van der Waals surface area (Å²) in [4.78, 5) is 25.4. The maximum atomic E-state index is 13.3. The first-order valence-electron chi connectivity index (χ1n) is 7.79. The molecular weight excluding hydrogens is 409 g/mol. The van der Waals surface area contributed by atoms with E-state index in [9.17, 15) is 31.2 Å². The highest BCUT2D eigenvalue weighted by Gasteiger charge is 2.48. The minimum Gasteiger partial charge on any atom is -0.310 e. The Morgan fingerprint density at radius 3 is 2.43 bits per heavy atom. The standard InChI is InChI=1S/C14H13F3N4O6S/c15-8-3-6(4-9(16)11(8)17)13(22)19-12(18)10-2-1-7-5-20(10)14(23)21(7)27-28(24,25)26/h3-4,7,10H,1-2,5H2,(H2,18,19,22)(H,24,25,26). The fourth-order valence-corrected chi connectivity index (χ4v) is 3.48. The third-order valence-corrected chi connectivity index (χ3v) is 4.67. The van der Waals surface area contributed by atoms with E-state index in [0.29, 0.717) is 17.2 Å². The molecular formula is C14H13F3N4O6S. The van der Waals surface area contributed by atoms with Crippen molar-refractivity contribution in [2.75, 3.05) is 6.54 Å². The lowest BCUT2D eigenvalue weighted by atomic mass is 10.00. The number of urea groups is 1. The van der Waals surface area contributed by atoms with Crippen LogP contribution in [0.15, 0.2) is 12.1 Å². The minimum absolute atomic E-state index is 0.0307. The zero-order valence-corrected chi connectivity index (χ0v) is 14.7. The molecule has 2 aliphatic rings. The van der Waals surface area contributed by atoms with Crippen molar-refractivity contribution in [3.63, 3.8) is 0 Å². The van der Waals surface area contributed by atoms with Crippen molar-refractivity contribution in [2.45, 2.75) is 24.9 Å². The van der Waals surface area contributed by atoms with Gasteiger partial charge in [0.1, 0.15) is 5.84 Å². The lowest BCUT2D eigenvalue weighted by Gasteiger charge is -2.30. The monoisotopic (exact) mass is 422 g/mol. The number of halogens is 3. The van der Waals surface area contributed by atoms with Gasteiger partial charge in [0.05, 0.1) is 12.1 Å². The topological polar surface area (TPSA) is 140 Å². The van der Waals surface area contributed by atoms with Gasteiger partial charge < -0.3 is 10.2 Å². The summed E-state index contributed by atoms with van der Waals surface area (Å²) in [5.74, 6) is -6.49. The van der Waals surface area contributed by atoms with E-state index in [1.165, 1.54) is 0 Å². The van der Waals surface area contributed by atoms with Gasteiger partial charge in [-0.05, 0) is 25.0 Å². The van der Waals surface area contributed by atoms with Crippen molar-refractivity contribution in [1.82, 2.24) is 15.3 Å². The van der Waals surface area contributed by atoms with Crippen LogP contribution in [0, 0.1) is 22.9 Å². The molecule has 0 aliphatic carbocycles. The van der Waals surface area contributed by atoms with E-state index >= 15 is 0 Å². The fraction of sp³-hybridized carbons (Fsp3) is 0.357. The maximum absolute atomic E-state index is 13.3. The Morgan fingerprint density at radius 2 is 1.86 bits per heavy atom. The number of hydroxylamine groups is 2. The minimum atomic E-state index is -4.93. The number of rotatable bonds is 4. The van der Waals surface area contributed by atoms with E-state index in [4.69, 9.17) is 9.96 Å². The molecule has 3 N–H and O–H groups in total. The number of fused-ring (bicyclic) bond motifs is 2. The van der Waals surface area contributed by atoms with Crippen LogP contribution in [0.4, 0.5) is 18.0 Å². The molecule has 152 valence electrons. The van der Waals surface area contributed by atoms with Crippen LogP contribution in [-0.4, -0.2) is 59.3 Å². The summed E-state index contributed by atoms with van der Waals surface area (Å²) >= 11 is 0. The van der Waals surface area contributed by atoms with Gasteiger partial charge in [0.2, 0.25) is 0 Å². The summed E-state index contributed by atoms with van der Waals surface area (Å²) in [5.41, 5.74) is -0.570. The number of hydrogen-bond donors (Lipinski definition) is 3. The number of benzene rings is 1. The highest BCUT2D eigenvalue weighted by molar-refractivity contribution is 7.80. The van der Waals surface area contributed by atoms with Gasteiger partial charge in [0.25, 0.3) is 5.91 Å². The Morgan fingerprint density at radius 1 is 1.25 bits per heavy atom. The molecule has 0 spiro atoms. The van der Waals surface area contributed by atoms with Crippen molar-refractivity contribution >= 4 is 28.2 Å². The van der Waals surface area contributed by atoms with E-state index < -0.39 is 63.3 Å². The Bertz CT molecular complexity index is 949. The number of piperidine rings is 1. The molecule has 2 aliphatic heterocycles. The number of nitrogens with one attached hydrogen (secondary N) is 2. The average Bonchev–Trinajstić information content (AvgIpc) is 2.82. The first kappa shape index (κ1) is 20.0. The molecule has 3 amide bonds. The molecule has 0 aromatic heterocycles. The molecule has 28 heavy (non-hydrogen) atoms. The van der Waals surface area contributed by atoms with E-state index in [2.05, 4.69) is 9.60 Å². The molecule has 2 atom stereocenters. The number of hydrogen-bond acceptors (Lipinski definition) is 6. The molecule has 1 aromatic carbocycles. The van der Waals surface area contributed by atoms with Crippen molar-refractivity contribution in [1.29, 1.82) is 5.41 Å². The fourth-order valence-electron chi connectivity index (χ4n) is 3.10. The van der Waals surface area contributed by atoms with Crippen molar-refractivity contribution < 1.29 is 40.0 Å². The molecule has 0 saturated carbocycles. The number of nitrogens with zero attached hydrogens (tertiary/aromatic N) is 2. The molecule has 2 fully saturated rings. The third-order valence-electron chi connectivity index (χ3n) is 4.32. The maximum Gasteiger partial charge on any atom is 0.418 e. The zero-order chi connectivity index (χ0) is 20.8. The van der Waals surface area contributed by atoms with Crippen LogP contribution >= 0.6 is 0 Å². The van der Waals surface area contributed by atoms with Crippen LogP contribution in [0.5, 0.6) is 0 Å². The molecule has 2 unspecified atom stereocenters. The van der Waals surface area contributed by atoms with Gasteiger partial charge in [-0.1, -0.05) is 0 Å². The number of amidine groups is 1. The number of carbonyl (C=O) groups is 2. The first-order valence-corrected chi connectivity index (χ1v) is 9.15. The molecule has 2 bridgehead atoms. The van der Waals surface area contributed by atoms with Gasteiger partial charge in [0.15, 0.2) is 17.5 Å². The van der Waals surface area contributed by atoms with Crippen molar-refractivity contribution in [3.8, 4) is 0 Å². The summed E-state index contributed by atoms with van der Waals surface area (Å²) in [6, 6.07) is -1.68. The highest BCUT2D eigenvalue weighted by Crippen LogP contribution is 2.30. The summed E-state index contributed by atoms with van der Waals surface area (Å²) in [5, 5.41) is 10.5. The Hall–Kier alpha value is -2.71. The van der Waals surface area contributed by atoms with Gasteiger partial charge in [-0.25, -0.2) is 18.0 Å². The first-order chi connectivity index (χ1) is 13.0. The van der Waals surface area contributed by atoms with Crippen LogP contribution in [-0.2, 0) is 14.7 Å². The highest BCUT2D eigenvalue weighted by atomic mass is 32.3. The predicted octanol–water partition coefficient (Wildman–Crippen LogP) is 0.814. The normalized spacial score (nSPS) is 21.8. The smallest absolute Gasteiger partial charge is 0.310 e. The Labute approximate surface area is 156 Å². The van der Waals surface area contributed by atoms with Crippen LogP contribution < -0.4 is 5.32 Å². The summed E-state index contributed by atoms with van der Waals surface area (Å²) in [7, 11) is -4.93. The molecule has 0 radical (unpaired) electrons. The molecule has 14 heteroatoms.